The van der Waals surface area contributed by atoms with Crippen LogP contribution in [-0.4, -0.2) is 18.6 Å². The van der Waals surface area contributed by atoms with Crippen LogP contribution in [0.3, 0.4) is 0 Å². The second kappa shape index (κ2) is 5.52. The lowest BCUT2D eigenvalue weighted by molar-refractivity contribution is 0.587. The van der Waals surface area contributed by atoms with Crippen LogP contribution in [0.2, 0.25) is 5.15 Å². The minimum atomic E-state index is -3.65. The van der Waals surface area contributed by atoms with E-state index in [1.54, 1.807) is 12.1 Å². The van der Waals surface area contributed by atoms with Crippen LogP contribution in [0.4, 0.5) is 5.82 Å². The van der Waals surface area contributed by atoms with E-state index < -0.39 is 10.0 Å². The molecule has 0 aliphatic carbocycles. The SMILES string of the molecule is Cc1ccc(S(=O)(=O)NNc2ccc(Cl)nn2)cc1. The number of rotatable bonds is 4. The molecule has 1 heterocycles. The van der Waals surface area contributed by atoms with Crippen molar-refractivity contribution in [1.82, 2.24) is 15.0 Å². The van der Waals surface area contributed by atoms with Gasteiger partial charge in [0.05, 0.1) is 4.90 Å². The van der Waals surface area contributed by atoms with Gasteiger partial charge in [-0.2, -0.15) is 0 Å². The summed E-state index contributed by atoms with van der Waals surface area (Å²) >= 11 is 5.57. The smallest absolute Gasteiger partial charge is 0.257 e. The molecule has 2 rings (SSSR count). The van der Waals surface area contributed by atoms with Crippen LogP contribution in [-0.2, 0) is 10.0 Å². The summed E-state index contributed by atoms with van der Waals surface area (Å²) in [7, 11) is -3.65. The normalized spacial score (nSPS) is 11.3. The predicted molar refractivity (Wildman–Crippen MR) is 72.2 cm³/mol. The van der Waals surface area contributed by atoms with Crippen molar-refractivity contribution in [2.75, 3.05) is 5.43 Å². The molecule has 100 valence electrons. The minimum absolute atomic E-state index is 0.160. The standard InChI is InChI=1S/C11H11ClN4O2S/c1-8-2-4-9(5-3-8)19(17,18)16-15-11-7-6-10(12)13-14-11/h2-7,16H,1H3,(H,14,15). The molecule has 0 unspecified atom stereocenters. The molecule has 0 saturated carbocycles. The van der Waals surface area contributed by atoms with Gasteiger partial charge >= 0.3 is 0 Å². The summed E-state index contributed by atoms with van der Waals surface area (Å²) in [6, 6.07) is 9.48. The number of benzene rings is 1. The highest BCUT2D eigenvalue weighted by atomic mass is 35.5. The van der Waals surface area contributed by atoms with E-state index in [9.17, 15) is 8.42 Å². The van der Waals surface area contributed by atoms with Gasteiger partial charge in [0, 0.05) is 0 Å². The summed E-state index contributed by atoms with van der Waals surface area (Å²) in [5, 5.41) is 7.48. The zero-order chi connectivity index (χ0) is 13.9. The van der Waals surface area contributed by atoms with E-state index in [-0.39, 0.29) is 15.9 Å². The fourth-order valence-corrected chi connectivity index (χ4v) is 2.23. The second-order valence-electron chi connectivity index (χ2n) is 3.78. The van der Waals surface area contributed by atoms with Gasteiger partial charge in [-0.25, -0.2) is 8.42 Å². The first-order valence-corrected chi connectivity index (χ1v) is 7.17. The number of sulfonamides is 1. The van der Waals surface area contributed by atoms with E-state index in [1.807, 2.05) is 6.92 Å². The maximum Gasteiger partial charge on any atom is 0.257 e. The molecule has 0 atom stereocenters. The van der Waals surface area contributed by atoms with Crippen LogP contribution in [0.15, 0.2) is 41.3 Å². The van der Waals surface area contributed by atoms with Crippen LogP contribution in [0, 0.1) is 6.92 Å². The Hall–Kier alpha value is -1.70. The van der Waals surface area contributed by atoms with Crippen LogP contribution in [0.5, 0.6) is 0 Å². The third-order valence-corrected chi connectivity index (χ3v) is 3.74. The van der Waals surface area contributed by atoms with E-state index in [2.05, 4.69) is 20.5 Å². The third kappa shape index (κ3) is 3.63. The van der Waals surface area contributed by atoms with Crippen LogP contribution in [0.1, 0.15) is 5.56 Å². The molecule has 2 aromatic rings. The highest BCUT2D eigenvalue weighted by Crippen LogP contribution is 2.10. The number of halogens is 1. The Morgan fingerprint density at radius 2 is 1.74 bits per heavy atom. The fraction of sp³-hybridized carbons (Fsp3) is 0.0909. The van der Waals surface area contributed by atoms with E-state index in [1.165, 1.54) is 24.3 Å². The third-order valence-electron chi connectivity index (χ3n) is 2.28. The van der Waals surface area contributed by atoms with Gasteiger partial charge in [0.1, 0.15) is 0 Å². The van der Waals surface area contributed by atoms with Crippen molar-refractivity contribution < 1.29 is 8.42 Å². The molecule has 0 bridgehead atoms. The zero-order valence-electron chi connectivity index (χ0n) is 9.96. The van der Waals surface area contributed by atoms with Gasteiger partial charge in [-0.05, 0) is 31.2 Å². The molecule has 1 aromatic carbocycles. The summed E-state index contributed by atoms with van der Waals surface area (Å²) in [6.07, 6.45) is 0. The number of hydrazine groups is 1. The molecule has 0 radical (unpaired) electrons. The molecule has 0 saturated heterocycles. The summed E-state index contributed by atoms with van der Waals surface area (Å²) in [6.45, 7) is 1.88. The van der Waals surface area contributed by atoms with E-state index in [4.69, 9.17) is 11.6 Å². The number of aromatic nitrogens is 2. The van der Waals surface area contributed by atoms with Crippen molar-refractivity contribution in [3.63, 3.8) is 0 Å². The molecule has 0 aliphatic heterocycles. The average Bonchev–Trinajstić information content (AvgIpc) is 2.39. The molecular formula is C11H11ClN4O2S. The van der Waals surface area contributed by atoms with Gasteiger partial charge in [-0.1, -0.05) is 29.3 Å². The highest BCUT2D eigenvalue weighted by Gasteiger charge is 2.13. The van der Waals surface area contributed by atoms with E-state index in [0.29, 0.717) is 0 Å². The maximum atomic E-state index is 11.9. The number of nitrogens with zero attached hydrogens (tertiary/aromatic N) is 2. The molecular weight excluding hydrogens is 288 g/mol. The Balaban J connectivity index is 2.09. The van der Waals surface area contributed by atoms with Crippen molar-refractivity contribution in [2.24, 2.45) is 0 Å². The van der Waals surface area contributed by atoms with Crippen molar-refractivity contribution in [1.29, 1.82) is 0 Å². The van der Waals surface area contributed by atoms with Crippen molar-refractivity contribution in [3.8, 4) is 0 Å². The average molecular weight is 299 g/mol. The molecule has 0 spiro atoms. The second-order valence-corrected chi connectivity index (χ2v) is 5.85. The van der Waals surface area contributed by atoms with Gasteiger partial charge in [-0.15, -0.1) is 15.0 Å². The van der Waals surface area contributed by atoms with E-state index in [0.717, 1.165) is 5.56 Å². The van der Waals surface area contributed by atoms with Gasteiger partial charge < -0.3 is 0 Å². The van der Waals surface area contributed by atoms with E-state index >= 15 is 0 Å². The molecule has 19 heavy (non-hydrogen) atoms. The Bertz CT molecular complexity index is 656. The number of anilines is 1. The van der Waals surface area contributed by atoms with Crippen LogP contribution >= 0.6 is 11.6 Å². The van der Waals surface area contributed by atoms with Crippen molar-refractivity contribution >= 4 is 27.4 Å². The molecule has 0 fully saturated rings. The Morgan fingerprint density at radius 1 is 1.05 bits per heavy atom. The molecule has 1 aromatic heterocycles. The Kier molecular flexibility index (Phi) is 3.98. The first kappa shape index (κ1) is 13.7. The van der Waals surface area contributed by atoms with Crippen molar-refractivity contribution in [2.45, 2.75) is 11.8 Å². The summed E-state index contributed by atoms with van der Waals surface area (Å²) in [5.74, 6) is 0.250. The Labute approximate surface area is 115 Å². The zero-order valence-corrected chi connectivity index (χ0v) is 11.5. The number of aryl methyl sites for hydroxylation is 1. The summed E-state index contributed by atoms with van der Waals surface area (Å²) in [4.78, 5) is 2.37. The fourth-order valence-electron chi connectivity index (χ4n) is 1.28. The first-order chi connectivity index (χ1) is 8.97. The summed E-state index contributed by atoms with van der Waals surface area (Å²) in [5.41, 5.74) is 3.44. The van der Waals surface area contributed by atoms with Gasteiger partial charge in [0.15, 0.2) is 11.0 Å². The predicted octanol–water partition coefficient (Wildman–Crippen LogP) is 1.74. The minimum Gasteiger partial charge on any atom is -0.290 e. The monoisotopic (exact) mass is 298 g/mol. The van der Waals surface area contributed by atoms with Crippen molar-refractivity contribution in [3.05, 3.63) is 47.1 Å². The lowest BCUT2D eigenvalue weighted by Gasteiger charge is -2.08. The van der Waals surface area contributed by atoms with Crippen LogP contribution < -0.4 is 10.3 Å². The highest BCUT2D eigenvalue weighted by molar-refractivity contribution is 7.89. The lowest BCUT2D eigenvalue weighted by Crippen LogP contribution is -2.30. The molecule has 8 heteroatoms. The largest absolute Gasteiger partial charge is 0.290 e. The van der Waals surface area contributed by atoms with Gasteiger partial charge in [-0.3, -0.25) is 5.43 Å². The number of hydrogen-bond donors (Lipinski definition) is 2. The van der Waals surface area contributed by atoms with Gasteiger partial charge in [0.2, 0.25) is 0 Å². The van der Waals surface area contributed by atoms with Crippen LogP contribution in [0.25, 0.3) is 0 Å². The summed E-state index contributed by atoms with van der Waals surface area (Å²) < 4.78 is 23.9. The lowest BCUT2D eigenvalue weighted by atomic mass is 10.2. The Morgan fingerprint density at radius 3 is 2.32 bits per heavy atom. The quantitative estimate of drug-likeness (QED) is 0.840. The molecule has 2 N–H and O–H groups in total. The topological polar surface area (TPSA) is 84.0 Å². The molecule has 6 nitrogen and oxygen atoms in total. The molecule has 0 amide bonds. The number of nitrogens with one attached hydrogen (secondary N) is 2. The first-order valence-electron chi connectivity index (χ1n) is 5.31. The molecule has 0 aliphatic rings. The number of hydrogen-bond acceptors (Lipinski definition) is 5. The maximum absolute atomic E-state index is 11.9. The van der Waals surface area contributed by atoms with Gasteiger partial charge in [0.25, 0.3) is 10.0 Å².